The maximum absolute atomic E-state index is 13.4. The molecule has 0 aliphatic heterocycles. The Balaban J connectivity index is 1.47. The molecule has 0 radical (unpaired) electrons. The van der Waals surface area contributed by atoms with Crippen LogP contribution in [-0.4, -0.2) is 26.4 Å². The second-order valence-corrected chi connectivity index (χ2v) is 9.28. The highest BCUT2D eigenvalue weighted by Crippen LogP contribution is 2.59. The fourth-order valence-corrected chi connectivity index (χ4v) is 5.93. The molecule has 2 aliphatic carbocycles. The topological polar surface area (TPSA) is 81.1 Å². The third kappa shape index (κ3) is 3.40. The lowest BCUT2D eigenvalue weighted by molar-refractivity contribution is -0.0569. The van der Waals surface area contributed by atoms with Gasteiger partial charge in [-0.15, -0.1) is 0 Å². The molecule has 1 amide bonds. The zero-order chi connectivity index (χ0) is 23.2. The lowest BCUT2D eigenvalue weighted by atomic mass is 9.63. The number of hydrogen-bond donors (Lipinski definition) is 2. The summed E-state index contributed by atoms with van der Waals surface area (Å²) in [7, 11) is 0. The molecule has 2 aromatic carbocycles. The molecule has 170 valence electrons. The van der Waals surface area contributed by atoms with E-state index in [0.29, 0.717) is 31.2 Å². The Hall–Kier alpha value is -3.25. The van der Waals surface area contributed by atoms with Crippen LogP contribution in [0.25, 0.3) is 11.8 Å². The molecular formula is C27H28FN3O2. The first-order chi connectivity index (χ1) is 15.9. The number of aromatic nitrogens is 2. The van der Waals surface area contributed by atoms with Crippen LogP contribution in [0.1, 0.15) is 59.8 Å². The second-order valence-electron chi connectivity index (χ2n) is 9.28. The van der Waals surface area contributed by atoms with Crippen molar-refractivity contribution in [2.24, 2.45) is 11.1 Å². The number of aryl methyl sites for hydroxylation is 1. The highest BCUT2D eigenvalue weighted by atomic mass is 19.1. The molecule has 2 atom stereocenters. The zero-order valence-corrected chi connectivity index (χ0v) is 18.7. The van der Waals surface area contributed by atoms with E-state index < -0.39 is 11.5 Å². The summed E-state index contributed by atoms with van der Waals surface area (Å²) in [6.45, 7) is 2.14. The number of nitrogens with two attached hydrogens (primary N) is 1. The average molecular weight is 446 g/mol. The van der Waals surface area contributed by atoms with Crippen molar-refractivity contribution in [1.29, 1.82) is 0 Å². The summed E-state index contributed by atoms with van der Waals surface area (Å²) in [6, 6.07) is 13.7. The maximum Gasteiger partial charge on any atom is 0.248 e. The van der Waals surface area contributed by atoms with Gasteiger partial charge in [0, 0.05) is 11.0 Å². The van der Waals surface area contributed by atoms with Gasteiger partial charge in [0.1, 0.15) is 5.82 Å². The molecule has 0 spiro atoms. The minimum absolute atomic E-state index is 0.276. The van der Waals surface area contributed by atoms with Gasteiger partial charge in [0.15, 0.2) is 0 Å². The van der Waals surface area contributed by atoms with E-state index in [4.69, 9.17) is 5.73 Å². The zero-order valence-electron chi connectivity index (χ0n) is 18.7. The number of hydrogen-bond acceptors (Lipinski definition) is 3. The summed E-state index contributed by atoms with van der Waals surface area (Å²) in [5.41, 5.74) is 9.86. The molecule has 3 N–H and O–H groups in total. The van der Waals surface area contributed by atoms with Crippen LogP contribution < -0.4 is 5.73 Å². The average Bonchev–Trinajstić information content (AvgIpc) is 3.35. The van der Waals surface area contributed by atoms with E-state index >= 15 is 0 Å². The number of primary amides is 1. The first-order valence-electron chi connectivity index (χ1n) is 11.5. The van der Waals surface area contributed by atoms with Gasteiger partial charge in [-0.3, -0.25) is 4.79 Å². The van der Waals surface area contributed by atoms with Gasteiger partial charge in [0.2, 0.25) is 5.91 Å². The van der Waals surface area contributed by atoms with Crippen molar-refractivity contribution in [2.45, 2.75) is 51.0 Å². The molecule has 6 heteroatoms. The number of benzene rings is 2. The highest BCUT2D eigenvalue weighted by Gasteiger charge is 2.56. The monoisotopic (exact) mass is 445 g/mol. The summed E-state index contributed by atoms with van der Waals surface area (Å²) in [4.78, 5) is 11.8. The lowest BCUT2D eigenvalue weighted by Gasteiger charge is -2.45. The standard InChI is InChI=1S/C27H28FN3O2/c1-2-26-16-19-17-30-31(22-9-7-21(28)8-10-22)24(19)15-20(26)12-14-27(26,33)13-11-18-5-3-4-6-23(18)25(29)32/h3-10,15,17,33H,2,11-14,16H2,1H3,(H2,29,32)/t26-,27-/m0/s1. The first-order valence-corrected chi connectivity index (χ1v) is 11.5. The number of rotatable bonds is 6. The molecule has 1 fully saturated rings. The van der Waals surface area contributed by atoms with Crippen LogP contribution in [0.3, 0.4) is 0 Å². The number of carbonyl (C=O) groups is 1. The van der Waals surface area contributed by atoms with Crippen LogP contribution >= 0.6 is 0 Å². The van der Waals surface area contributed by atoms with Crippen LogP contribution in [0, 0.1) is 11.2 Å². The number of halogens is 1. The molecular weight excluding hydrogens is 417 g/mol. The fourth-order valence-electron chi connectivity index (χ4n) is 5.93. The number of amides is 1. The van der Waals surface area contributed by atoms with E-state index in [1.165, 1.54) is 17.7 Å². The van der Waals surface area contributed by atoms with Gasteiger partial charge in [-0.25, -0.2) is 9.07 Å². The van der Waals surface area contributed by atoms with Crippen molar-refractivity contribution >= 4 is 12.0 Å². The van der Waals surface area contributed by atoms with Gasteiger partial charge in [0.25, 0.3) is 0 Å². The van der Waals surface area contributed by atoms with Crippen molar-refractivity contribution in [1.82, 2.24) is 9.78 Å². The molecule has 2 aliphatic rings. The fraction of sp³-hybridized carbons (Fsp3) is 0.333. The van der Waals surface area contributed by atoms with Gasteiger partial charge in [-0.1, -0.05) is 30.7 Å². The Morgan fingerprint density at radius 1 is 1.21 bits per heavy atom. The Bertz CT molecular complexity index is 1250. The second kappa shape index (κ2) is 7.96. The van der Waals surface area contributed by atoms with E-state index in [0.717, 1.165) is 35.3 Å². The summed E-state index contributed by atoms with van der Waals surface area (Å²) >= 11 is 0. The normalized spacial score (nSPS) is 23.7. The van der Waals surface area contributed by atoms with Crippen molar-refractivity contribution < 1.29 is 14.3 Å². The highest BCUT2D eigenvalue weighted by molar-refractivity contribution is 5.94. The predicted molar refractivity (Wildman–Crippen MR) is 125 cm³/mol. The maximum atomic E-state index is 13.4. The molecule has 1 aromatic heterocycles. The summed E-state index contributed by atoms with van der Waals surface area (Å²) in [5.74, 6) is -0.716. The van der Waals surface area contributed by atoms with Gasteiger partial charge in [0.05, 0.1) is 23.2 Å². The van der Waals surface area contributed by atoms with Crippen LogP contribution in [-0.2, 0) is 12.8 Å². The summed E-state index contributed by atoms with van der Waals surface area (Å²) < 4.78 is 15.2. The van der Waals surface area contributed by atoms with Crippen molar-refractivity contribution in [3.8, 4) is 5.69 Å². The largest absolute Gasteiger partial charge is 0.389 e. The Morgan fingerprint density at radius 3 is 2.70 bits per heavy atom. The molecule has 5 nitrogen and oxygen atoms in total. The Kier molecular flexibility index (Phi) is 5.20. The SMILES string of the molecule is CC[C@]12Cc3cnn(-c4ccc(F)cc4)c3C=C1CC[C@@]2(O)CCc1ccccc1C(N)=O. The van der Waals surface area contributed by atoms with E-state index in [2.05, 4.69) is 18.1 Å². The molecule has 0 saturated heterocycles. The minimum Gasteiger partial charge on any atom is -0.389 e. The lowest BCUT2D eigenvalue weighted by Crippen LogP contribution is -2.47. The van der Waals surface area contributed by atoms with Crippen LogP contribution in [0.4, 0.5) is 4.39 Å². The molecule has 0 unspecified atom stereocenters. The third-order valence-corrected chi connectivity index (χ3v) is 7.77. The van der Waals surface area contributed by atoms with Crippen LogP contribution in [0.2, 0.25) is 0 Å². The van der Waals surface area contributed by atoms with Crippen molar-refractivity contribution in [3.63, 3.8) is 0 Å². The number of nitrogens with zero attached hydrogens (tertiary/aromatic N) is 2. The van der Waals surface area contributed by atoms with Gasteiger partial charge >= 0.3 is 0 Å². The molecule has 33 heavy (non-hydrogen) atoms. The Labute approximate surface area is 192 Å². The molecule has 3 aromatic rings. The quantitative estimate of drug-likeness (QED) is 0.582. The molecule has 1 heterocycles. The number of aliphatic hydroxyl groups is 1. The Morgan fingerprint density at radius 2 is 1.97 bits per heavy atom. The van der Waals surface area contributed by atoms with Crippen LogP contribution in [0.5, 0.6) is 0 Å². The minimum atomic E-state index is -0.881. The molecule has 0 bridgehead atoms. The van der Waals surface area contributed by atoms with E-state index in [-0.39, 0.29) is 11.2 Å². The van der Waals surface area contributed by atoms with Gasteiger partial charge in [-0.2, -0.15) is 5.10 Å². The van der Waals surface area contributed by atoms with Gasteiger partial charge in [-0.05, 0) is 86.1 Å². The first kappa shape index (κ1) is 21.6. The molecule has 1 saturated carbocycles. The summed E-state index contributed by atoms with van der Waals surface area (Å²) in [6.07, 6.45) is 8.21. The number of fused-ring (bicyclic) bond motifs is 2. The third-order valence-electron chi connectivity index (χ3n) is 7.77. The summed E-state index contributed by atoms with van der Waals surface area (Å²) in [5, 5.41) is 16.6. The predicted octanol–water partition coefficient (Wildman–Crippen LogP) is 4.60. The van der Waals surface area contributed by atoms with E-state index in [1.807, 2.05) is 29.1 Å². The van der Waals surface area contributed by atoms with Crippen molar-refractivity contribution in [3.05, 3.63) is 88.5 Å². The van der Waals surface area contributed by atoms with Crippen LogP contribution in [0.15, 0.2) is 60.3 Å². The molecule has 5 rings (SSSR count). The van der Waals surface area contributed by atoms with E-state index in [1.54, 1.807) is 18.2 Å². The van der Waals surface area contributed by atoms with E-state index in [9.17, 15) is 14.3 Å². The smallest absolute Gasteiger partial charge is 0.248 e. The van der Waals surface area contributed by atoms with Crippen molar-refractivity contribution in [2.75, 3.05) is 0 Å². The number of carbonyl (C=O) groups excluding carboxylic acids is 1. The van der Waals surface area contributed by atoms with Gasteiger partial charge < -0.3 is 10.8 Å².